The first-order valence-electron chi connectivity index (χ1n) is 9.66. The van der Waals surface area contributed by atoms with E-state index >= 15 is 0 Å². The monoisotopic (exact) mass is 354 g/mol. The predicted octanol–water partition coefficient (Wildman–Crippen LogP) is 3.54. The molecular formula is C22H27FN2O. The molecule has 0 aliphatic carbocycles. The molecular weight excluding hydrogens is 327 g/mol. The van der Waals surface area contributed by atoms with E-state index in [1.165, 1.54) is 11.3 Å². The number of hydrogen-bond donors (Lipinski definition) is 1. The van der Waals surface area contributed by atoms with E-state index in [4.69, 9.17) is 0 Å². The van der Waals surface area contributed by atoms with Crippen molar-refractivity contribution in [3.63, 3.8) is 0 Å². The highest BCUT2D eigenvalue weighted by molar-refractivity contribution is 5.60. The van der Waals surface area contributed by atoms with Crippen molar-refractivity contribution in [2.24, 2.45) is 0 Å². The number of alkyl halides is 1. The lowest BCUT2D eigenvalue weighted by atomic mass is 10.0. The van der Waals surface area contributed by atoms with E-state index in [0.29, 0.717) is 12.5 Å². The molecule has 3 nitrogen and oxygen atoms in total. The summed E-state index contributed by atoms with van der Waals surface area (Å²) < 4.78 is 14.7. The molecule has 2 heterocycles. The van der Waals surface area contributed by atoms with E-state index in [9.17, 15) is 9.50 Å². The lowest BCUT2D eigenvalue weighted by molar-refractivity contribution is 0.0585. The van der Waals surface area contributed by atoms with Gasteiger partial charge in [0.25, 0.3) is 0 Å². The summed E-state index contributed by atoms with van der Waals surface area (Å²) in [5.74, 6) is 0. The Bertz CT molecular complexity index is 728. The molecule has 0 amide bonds. The smallest absolute Gasteiger partial charge is 0.157 e. The van der Waals surface area contributed by atoms with Gasteiger partial charge < -0.3 is 10.0 Å². The largest absolute Gasteiger partial charge is 0.392 e. The van der Waals surface area contributed by atoms with Crippen LogP contribution in [0.1, 0.15) is 29.5 Å². The maximum atomic E-state index is 14.7. The van der Waals surface area contributed by atoms with Gasteiger partial charge in [0.2, 0.25) is 0 Å². The topological polar surface area (TPSA) is 26.7 Å². The minimum atomic E-state index is -0.898. The molecule has 1 atom stereocenters. The van der Waals surface area contributed by atoms with Gasteiger partial charge in [-0.3, -0.25) is 4.90 Å². The summed E-state index contributed by atoms with van der Waals surface area (Å²) in [6, 6.07) is 16.7. The van der Waals surface area contributed by atoms with Crippen LogP contribution in [0.5, 0.6) is 0 Å². The zero-order chi connectivity index (χ0) is 17.9. The lowest BCUT2D eigenvalue weighted by Crippen LogP contribution is -2.47. The van der Waals surface area contributed by atoms with E-state index in [2.05, 4.69) is 17.0 Å². The molecule has 0 radical (unpaired) electrons. The summed E-state index contributed by atoms with van der Waals surface area (Å²) in [4.78, 5) is 4.47. The number of rotatable bonds is 5. The normalized spacial score (nSPS) is 19.5. The molecule has 0 saturated carbocycles. The van der Waals surface area contributed by atoms with Crippen molar-refractivity contribution in [3.8, 4) is 0 Å². The van der Waals surface area contributed by atoms with Gasteiger partial charge in [0.05, 0.1) is 6.61 Å². The third kappa shape index (κ3) is 3.62. The van der Waals surface area contributed by atoms with Crippen molar-refractivity contribution in [3.05, 3.63) is 65.2 Å². The highest BCUT2D eigenvalue weighted by atomic mass is 19.1. The molecule has 138 valence electrons. The predicted molar refractivity (Wildman–Crippen MR) is 103 cm³/mol. The van der Waals surface area contributed by atoms with Crippen LogP contribution in [0, 0.1) is 0 Å². The Morgan fingerprint density at radius 2 is 1.77 bits per heavy atom. The Balaban J connectivity index is 1.36. The molecule has 1 fully saturated rings. The fraction of sp³-hybridized carbons (Fsp3) is 0.455. The van der Waals surface area contributed by atoms with Gasteiger partial charge in [-0.2, -0.15) is 0 Å². The highest BCUT2D eigenvalue weighted by Crippen LogP contribution is 2.34. The van der Waals surface area contributed by atoms with E-state index in [-0.39, 0.29) is 6.61 Å². The molecule has 1 unspecified atom stereocenters. The summed E-state index contributed by atoms with van der Waals surface area (Å²) in [5, 5.41) is 9.42. The number of halogens is 1. The molecule has 0 spiro atoms. The van der Waals surface area contributed by atoms with Crippen LogP contribution in [0.25, 0.3) is 0 Å². The zero-order valence-corrected chi connectivity index (χ0v) is 15.1. The van der Waals surface area contributed by atoms with Gasteiger partial charge in [-0.05, 0) is 42.0 Å². The molecule has 0 bridgehead atoms. The van der Waals surface area contributed by atoms with Crippen molar-refractivity contribution >= 4 is 5.69 Å². The van der Waals surface area contributed by atoms with Gasteiger partial charge in [-0.25, -0.2) is 4.39 Å². The molecule has 1 N–H and O–H groups in total. The van der Waals surface area contributed by atoms with Crippen molar-refractivity contribution in [1.29, 1.82) is 0 Å². The number of nitrogens with zero attached hydrogens (tertiary/aromatic N) is 2. The van der Waals surface area contributed by atoms with Crippen LogP contribution in [-0.4, -0.2) is 42.0 Å². The summed E-state index contributed by atoms with van der Waals surface area (Å²) in [6.45, 7) is 2.74. The minimum absolute atomic E-state index is 0.0859. The summed E-state index contributed by atoms with van der Waals surface area (Å²) >= 11 is 0. The fourth-order valence-electron chi connectivity index (χ4n) is 4.34. The molecule has 4 heteroatoms. The van der Waals surface area contributed by atoms with Gasteiger partial charge in [0.1, 0.15) is 0 Å². The Kier molecular flexibility index (Phi) is 5.23. The van der Waals surface area contributed by atoms with Crippen LogP contribution >= 0.6 is 0 Å². The number of aliphatic hydroxyl groups excluding tert-OH is 1. The number of hydrogen-bond acceptors (Lipinski definition) is 3. The van der Waals surface area contributed by atoms with Gasteiger partial charge in [-0.1, -0.05) is 42.5 Å². The van der Waals surface area contributed by atoms with Gasteiger partial charge >= 0.3 is 0 Å². The van der Waals surface area contributed by atoms with Crippen molar-refractivity contribution in [2.75, 3.05) is 24.5 Å². The SMILES string of the molecule is OCc1ccc2c(c1)N(C1CCN(C(F)Cc3ccccc3)CC1)CC2. The molecule has 2 aliphatic rings. The van der Waals surface area contributed by atoms with Gasteiger partial charge in [-0.15, -0.1) is 0 Å². The van der Waals surface area contributed by atoms with Crippen LogP contribution in [-0.2, 0) is 19.4 Å². The van der Waals surface area contributed by atoms with E-state index in [1.807, 2.05) is 41.3 Å². The van der Waals surface area contributed by atoms with Gasteiger partial charge in [0, 0.05) is 37.8 Å². The minimum Gasteiger partial charge on any atom is -0.392 e. The Labute approximate surface area is 155 Å². The first kappa shape index (κ1) is 17.5. The maximum absolute atomic E-state index is 14.7. The second-order valence-electron chi connectivity index (χ2n) is 7.46. The third-order valence-electron chi connectivity index (χ3n) is 5.85. The summed E-state index contributed by atoms with van der Waals surface area (Å²) in [7, 11) is 0. The number of benzene rings is 2. The van der Waals surface area contributed by atoms with E-state index < -0.39 is 6.30 Å². The Morgan fingerprint density at radius 3 is 2.50 bits per heavy atom. The number of aliphatic hydroxyl groups is 1. The molecule has 0 aromatic heterocycles. The quantitative estimate of drug-likeness (QED) is 0.832. The molecule has 4 rings (SSSR count). The van der Waals surface area contributed by atoms with Crippen LogP contribution in [0.2, 0.25) is 0 Å². The number of piperidine rings is 1. The average Bonchev–Trinajstić information content (AvgIpc) is 3.12. The number of anilines is 1. The lowest BCUT2D eigenvalue weighted by Gasteiger charge is -2.39. The van der Waals surface area contributed by atoms with Crippen LogP contribution in [0.4, 0.5) is 10.1 Å². The van der Waals surface area contributed by atoms with Gasteiger partial charge in [0.15, 0.2) is 6.30 Å². The Morgan fingerprint density at radius 1 is 1.00 bits per heavy atom. The molecule has 2 aromatic carbocycles. The molecule has 2 aliphatic heterocycles. The van der Waals surface area contributed by atoms with Crippen molar-refractivity contribution in [1.82, 2.24) is 4.90 Å². The fourth-order valence-corrected chi connectivity index (χ4v) is 4.34. The van der Waals surface area contributed by atoms with Crippen LogP contribution < -0.4 is 4.90 Å². The number of likely N-dealkylation sites (tertiary alicyclic amines) is 1. The zero-order valence-electron chi connectivity index (χ0n) is 15.1. The van der Waals surface area contributed by atoms with Crippen LogP contribution in [0.3, 0.4) is 0 Å². The second-order valence-corrected chi connectivity index (χ2v) is 7.46. The summed E-state index contributed by atoms with van der Waals surface area (Å²) in [5.41, 5.74) is 4.68. The maximum Gasteiger partial charge on any atom is 0.157 e. The third-order valence-corrected chi connectivity index (χ3v) is 5.85. The van der Waals surface area contributed by atoms with Crippen LogP contribution in [0.15, 0.2) is 48.5 Å². The van der Waals surface area contributed by atoms with Crippen molar-refractivity contribution < 1.29 is 9.50 Å². The number of fused-ring (bicyclic) bond motifs is 1. The highest BCUT2D eigenvalue weighted by Gasteiger charge is 2.31. The average molecular weight is 354 g/mol. The first-order chi connectivity index (χ1) is 12.7. The van der Waals surface area contributed by atoms with E-state index in [1.54, 1.807) is 0 Å². The molecule has 1 saturated heterocycles. The molecule has 2 aromatic rings. The Hall–Kier alpha value is -1.91. The second kappa shape index (κ2) is 7.77. The standard InChI is InChI=1S/C22H27FN2O/c23-22(15-17-4-2-1-3-5-17)24-11-9-20(10-12-24)25-13-8-19-7-6-18(16-26)14-21(19)25/h1-7,14,20,22,26H,8-13,15-16H2. The molecule has 26 heavy (non-hydrogen) atoms. The first-order valence-corrected chi connectivity index (χ1v) is 9.66. The summed E-state index contributed by atoms with van der Waals surface area (Å²) in [6.07, 6.45) is 2.64. The van der Waals surface area contributed by atoms with Crippen molar-refractivity contribution in [2.45, 2.75) is 44.6 Å². The van der Waals surface area contributed by atoms with E-state index in [0.717, 1.165) is 50.0 Å².